The first kappa shape index (κ1) is 15.0. The van der Waals surface area contributed by atoms with Gasteiger partial charge in [0.2, 0.25) is 5.95 Å². The highest BCUT2D eigenvalue weighted by Gasteiger charge is 2.17. The van der Waals surface area contributed by atoms with Crippen molar-refractivity contribution < 1.29 is 9.13 Å². The van der Waals surface area contributed by atoms with Gasteiger partial charge in [0.1, 0.15) is 17.7 Å². The summed E-state index contributed by atoms with van der Waals surface area (Å²) in [6, 6.07) is 5.90. The molecule has 22 heavy (non-hydrogen) atoms. The first-order valence-corrected chi connectivity index (χ1v) is 7.71. The molecule has 0 bridgehead atoms. The molecule has 3 rings (SSSR count). The lowest BCUT2D eigenvalue weighted by Gasteiger charge is -2.19. The SMILES string of the molecule is C[C@@H](Oc1ccc(F)cc1Cl)c1ccnc(N2CCCC2)n1. The number of halogens is 2. The number of rotatable bonds is 4. The van der Waals surface area contributed by atoms with Crippen LogP contribution in [0.1, 0.15) is 31.6 Å². The fraction of sp³-hybridized carbons (Fsp3) is 0.375. The van der Waals surface area contributed by atoms with Gasteiger partial charge in [0, 0.05) is 19.3 Å². The number of hydrogen-bond donors (Lipinski definition) is 0. The average molecular weight is 322 g/mol. The number of anilines is 1. The Morgan fingerprint density at radius 2 is 2.05 bits per heavy atom. The predicted octanol–water partition coefficient (Wildman–Crippen LogP) is 4.01. The van der Waals surface area contributed by atoms with Crippen LogP contribution >= 0.6 is 11.6 Å². The Morgan fingerprint density at radius 3 is 2.77 bits per heavy atom. The second kappa shape index (κ2) is 6.48. The van der Waals surface area contributed by atoms with Gasteiger partial charge >= 0.3 is 0 Å². The zero-order valence-electron chi connectivity index (χ0n) is 12.3. The fourth-order valence-electron chi connectivity index (χ4n) is 2.48. The highest BCUT2D eigenvalue weighted by atomic mass is 35.5. The van der Waals surface area contributed by atoms with E-state index in [9.17, 15) is 4.39 Å². The van der Waals surface area contributed by atoms with E-state index in [1.165, 1.54) is 31.0 Å². The van der Waals surface area contributed by atoms with Crippen LogP contribution in [0.3, 0.4) is 0 Å². The van der Waals surface area contributed by atoms with E-state index in [1.807, 2.05) is 13.0 Å². The molecule has 116 valence electrons. The lowest BCUT2D eigenvalue weighted by atomic mass is 10.2. The highest BCUT2D eigenvalue weighted by molar-refractivity contribution is 6.32. The van der Waals surface area contributed by atoms with Gasteiger partial charge in [0.15, 0.2) is 0 Å². The minimum Gasteiger partial charge on any atom is -0.483 e. The molecule has 4 nitrogen and oxygen atoms in total. The maximum absolute atomic E-state index is 13.1. The molecule has 6 heteroatoms. The van der Waals surface area contributed by atoms with Crippen molar-refractivity contribution >= 4 is 17.5 Å². The van der Waals surface area contributed by atoms with Crippen LogP contribution < -0.4 is 9.64 Å². The first-order valence-electron chi connectivity index (χ1n) is 7.33. The normalized spacial score (nSPS) is 15.9. The van der Waals surface area contributed by atoms with Gasteiger partial charge in [-0.05, 0) is 44.0 Å². The number of aromatic nitrogens is 2. The lowest BCUT2D eigenvalue weighted by Crippen LogP contribution is -2.21. The molecule has 1 saturated heterocycles. The van der Waals surface area contributed by atoms with Gasteiger partial charge in [-0.25, -0.2) is 14.4 Å². The zero-order chi connectivity index (χ0) is 15.5. The van der Waals surface area contributed by atoms with E-state index < -0.39 is 0 Å². The number of benzene rings is 1. The molecule has 2 aromatic rings. The van der Waals surface area contributed by atoms with Crippen molar-refractivity contribution in [3.05, 3.63) is 47.0 Å². The third kappa shape index (κ3) is 3.30. The van der Waals surface area contributed by atoms with Crippen molar-refractivity contribution in [2.75, 3.05) is 18.0 Å². The fourth-order valence-corrected chi connectivity index (χ4v) is 2.69. The number of ether oxygens (including phenoxy) is 1. The topological polar surface area (TPSA) is 38.2 Å². The molecule has 1 fully saturated rings. The Hall–Kier alpha value is -1.88. The summed E-state index contributed by atoms with van der Waals surface area (Å²) < 4.78 is 18.9. The van der Waals surface area contributed by atoms with Crippen molar-refractivity contribution in [2.24, 2.45) is 0 Å². The molecular formula is C16H17ClFN3O. The Balaban J connectivity index is 1.76. The van der Waals surface area contributed by atoms with E-state index in [2.05, 4.69) is 14.9 Å². The summed E-state index contributed by atoms with van der Waals surface area (Å²) in [5, 5.41) is 0.251. The maximum Gasteiger partial charge on any atom is 0.225 e. The van der Waals surface area contributed by atoms with Gasteiger partial charge in [0.05, 0.1) is 10.7 Å². The van der Waals surface area contributed by atoms with Gasteiger partial charge in [0.25, 0.3) is 0 Å². The minimum absolute atomic E-state index is 0.251. The molecular weight excluding hydrogens is 305 g/mol. The van der Waals surface area contributed by atoms with Crippen LogP contribution in [-0.4, -0.2) is 23.1 Å². The van der Waals surface area contributed by atoms with Gasteiger partial charge in [-0.2, -0.15) is 0 Å². The summed E-state index contributed by atoms with van der Waals surface area (Å²) in [6.07, 6.45) is 3.78. The Morgan fingerprint density at radius 1 is 1.27 bits per heavy atom. The van der Waals surface area contributed by atoms with Crippen LogP contribution in [0.4, 0.5) is 10.3 Å². The molecule has 0 amide bonds. The highest BCUT2D eigenvalue weighted by Crippen LogP contribution is 2.29. The van der Waals surface area contributed by atoms with Gasteiger partial charge in [-0.3, -0.25) is 0 Å². The monoisotopic (exact) mass is 321 g/mol. The quantitative estimate of drug-likeness (QED) is 0.853. The average Bonchev–Trinajstić information content (AvgIpc) is 3.04. The van der Waals surface area contributed by atoms with E-state index in [0.717, 1.165) is 24.7 Å². The summed E-state index contributed by atoms with van der Waals surface area (Å²) in [5.74, 6) is 0.788. The number of nitrogens with zero attached hydrogens (tertiary/aromatic N) is 3. The van der Waals surface area contributed by atoms with Crippen LogP contribution in [0.5, 0.6) is 5.75 Å². The summed E-state index contributed by atoms with van der Waals surface area (Å²) >= 11 is 5.99. The Kier molecular flexibility index (Phi) is 4.43. The van der Waals surface area contributed by atoms with E-state index in [0.29, 0.717) is 5.75 Å². The number of hydrogen-bond acceptors (Lipinski definition) is 4. The molecule has 2 heterocycles. The van der Waals surface area contributed by atoms with Crippen LogP contribution in [0.2, 0.25) is 5.02 Å². The van der Waals surface area contributed by atoms with Gasteiger partial charge in [-0.1, -0.05) is 11.6 Å². The van der Waals surface area contributed by atoms with E-state index in [-0.39, 0.29) is 16.9 Å². The van der Waals surface area contributed by atoms with Crippen molar-refractivity contribution in [2.45, 2.75) is 25.9 Å². The molecule has 1 aliphatic rings. The van der Waals surface area contributed by atoms with E-state index >= 15 is 0 Å². The summed E-state index contributed by atoms with van der Waals surface area (Å²) in [5.41, 5.74) is 0.775. The first-order chi connectivity index (χ1) is 10.6. The van der Waals surface area contributed by atoms with Crippen LogP contribution in [0.15, 0.2) is 30.5 Å². The third-order valence-corrected chi connectivity index (χ3v) is 3.96. The second-order valence-electron chi connectivity index (χ2n) is 5.31. The molecule has 1 aromatic carbocycles. The maximum atomic E-state index is 13.1. The van der Waals surface area contributed by atoms with Crippen molar-refractivity contribution in [1.82, 2.24) is 9.97 Å². The molecule has 0 unspecified atom stereocenters. The van der Waals surface area contributed by atoms with Gasteiger partial charge in [-0.15, -0.1) is 0 Å². The summed E-state index contributed by atoms with van der Waals surface area (Å²) in [7, 11) is 0. The van der Waals surface area contributed by atoms with Crippen molar-refractivity contribution in [1.29, 1.82) is 0 Å². The standard InChI is InChI=1S/C16H17ClFN3O/c1-11(22-15-5-4-12(18)10-13(15)17)14-6-7-19-16(20-14)21-8-2-3-9-21/h4-7,10-11H,2-3,8-9H2,1H3/t11-/m1/s1. The van der Waals surface area contributed by atoms with E-state index in [1.54, 1.807) is 6.20 Å². The summed E-state index contributed by atoms with van der Waals surface area (Å²) in [4.78, 5) is 11.1. The Bertz CT molecular complexity index is 662. The third-order valence-electron chi connectivity index (χ3n) is 3.67. The smallest absolute Gasteiger partial charge is 0.225 e. The molecule has 0 spiro atoms. The van der Waals surface area contributed by atoms with Crippen molar-refractivity contribution in [3.8, 4) is 5.75 Å². The van der Waals surface area contributed by atoms with Crippen LogP contribution in [0, 0.1) is 5.82 Å². The molecule has 0 radical (unpaired) electrons. The van der Waals surface area contributed by atoms with E-state index in [4.69, 9.17) is 16.3 Å². The molecule has 1 atom stereocenters. The molecule has 1 aromatic heterocycles. The van der Waals surface area contributed by atoms with Crippen molar-refractivity contribution in [3.63, 3.8) is 0 Å². The largest absolute Gasteiger partial charge is 0.483 e. The molecule has 0 N–H and O–H groups in total. The van der Waals surface area contributed by atoms with Crippen LogP contribution in [-0.2, 0) is 0 Å². The zero-order valence-corrected chi connectivity index (χ0v) is 13.1. The second-order valence-corrected chi connectivity index (χ2v) is 5.72. The molecule has 0 saturated carbocycles. The van der Waals surface area contributed by atoms with Gasteiger partial charge < -0.3 is 9.64 Å². The molecule has 0 aliphatic carbocycles. The Labute approximate surface area is 133 Å². The minimum atomic E-state index is -0.386. The lowest BCUT2D eigenvalue weighted by molar-refractivity contribution is 0.221. The summed E-state index contributed by atoms with van der Waals surface area (Å²) in [6.45, 7) is 3.86. The van der Waals surface area contributed by atoms with Crippen LogP contribution in [0.25, 0.3) is 0 Å². The predicted molar refractivity (Wildman–Crippen MR) is 83.9 cm³/mol. The molecule has 1 aliphatic heterocycles.